The molecule has 1 aliphatic heterocycles. The Bertz CT molecular complexity index is 1180. The lowest BCUT2D eigenvalue weighted by Crippen LogP contribution is -2.40. The second-order valence-corrected chi connectivity index (χ2v) is 8.85. The second kappa shape index (κ2) is 8.10. The number of likely N-dealkylation sites (tertiary alicyclic amines) is 1. The van der Waals surface area contributed by atoms with Crippen LogP contribution in [0.2, 0.25) is 0 Å². The highest BCUT2D eigenvalue weighted by atomic mass is 16.3. The summed E-state index contributed by atoms with van der Waals surface area (Å²) in [6.45, 7) is 6.82. The van der Waals surface area contributed by atoms with Crippen LogP contribution in [0.25, 0.3) is 22.0 Å². The molecule has 160 valence electrons. The Morgan fingerprint density at radius 1 is 1.16 bits per heavy atom. The Balaban J connectivity index is 1.21. The topological polar surface area (TPSA) is 63.3 Å². The minimum absolute atomic E-state index is 0.0445. The fourth-order valence-corrected chi connectivity index (χ4v) is 4.43. The van der Waals surface area contributed by atoms with Gasteiger partial charge in [0.15, 0.2) is 11.5 Å². The van der Waals surface area contributed by atoms with Crippen molar-refractivity contribution in [2.24, 2.45) is 5.92 Å². The maximum atomic E-state index is 12.8. The van der Waals surface area contributed by atoms with Crippen molar-refractivity contribution in [1.82, 2.24) is 14.5 Å². The highest BCUT2D eigenvalue weighted by Crippen LogP contribution is 2.30. The third kappa shape index (κ3) is 4.02. The number of oxazole rings is 1. The van der Waals surface area contributed by atoms with Gasteiger partial charge in [0.25, 0.3) is 0 Å². The lowest BCUT2D eigenvalue weighted by molar-refractivity contribution is 0.190. The van der Waals surface area contributed by atoms with E-state index in [4.69, 9.17) is 4.42 Å². The van der Waals surface area contributed by atoms with Gasteiger partial charge in [-0.25, -0.2) is 9.78 Å². The predicted octanol–water partition coefficient (Wildman–Crippen LogP) is 5.85. The summed E-state index contributed by atoms with van der Waals surface area (Å²) in [5.74, 6) is 1.64. The van der Waals surface area contributed by atoms with Crippen molar-refractivity contribution in [3.05, 3.63) is 60.6 Å². The number of fused-ring (bicyclic) bond motifs is 2. The molecule has 3 heterocycles. The number of carbonyl (C=O) groups is 1. The number of hydrogen-bond acceptors (Lipinski definition) is 3. The van der Waals surface area contributed by atoms with Gasteiger partial charge < -0.3 is 19.2 Å². The molecule has 0 saturated carbocycles. The first-order valence-electron chi connectivity index (χ1n) is 11.1. The molecule has 1 aliphatic rings. The number of benzene rings is 2. The summed E-state index contributed by atoms with van der Waals surface area (Å²) >= 11 is 0. The fourth-order valence-electron chi connectivity index (χ4n) is 4.43. The molecule has 0 aliphatic carbocycles. The van der Waals surface area contributed by atoms with Gasteiger partial charge in [-0.15, -0.1) is 0 Å². The first-order valence-corrected chi connectivity index (χ1v) is 11.1. The van der Waals surface area contributed by atoms with Gasteiger partial charge in [0.2, 0.25) is 0 Å². The summed E-state index contributed by atoms with van der Waals surface area (Å²) in [6.07, 6.45) is 3.84. The van der Waals surface area contributed by atoms with Crippen LogP contribution in [0.15, 0.2) is 59.1 Å². The van der Waals surface area contributed by atoms with Crippen LogP contribution in [0, 0.1) is 5.92 Å². The molecule has 6 nitrogen and oxygen atoms in total. The summed E-state index contributed by atoms with van der Waals surface area (Å²) in [5.41, 5.74) is 3.76. The van der Waals surface area contributed by atoms with E-state index in [-0.39, 0.29) is 11.9 Å². The Morgan fingerprint density at radius 2 is 1.97 bits per heavy atom. The summed E-state index contributed by atoms with van der Waals surface area (Å²) in [4.78, 5) is 19.3. The molecule has 1 N–H and O–H groups in total. The molecule has 2 amide bonds. The van der Waals surface area contributed by atoms with Crippen molar-refractivity contribution >= 4 is 33.7 Å². The van der Waals surface area contributed by atoms with Crippen LogP contribution in [-0.2, 0) is 6.54 Å². The maximum absolute atomic E-state index is 12.8. The molecule has 2 aromatic heterocycles. The molecule has 5 rings (SSSR count). The molecule has 0 atom stereocenters. The summed E-state index contributed by atoms with van der Waals surface area (Å²) in [6, 6.07) is 16.0. The number of carbonyl (C=O) groups excluding carboxylic acids is 1. The first-order chi connectivity index (χ1) is 15.1. The van der Waals surface area contributed by atoms with E-state index < -0.39 is 0 Å². The SMILES string of the molecule is CC(C)Cn1ccc2cc(NC(=O)N3CCC(c4nc5ccccc5o4)CC3)ccc21. The van der Waals surface area contributed by atoms with Crippen molar-refractivity contribution in [1.29, 1.82) is 0 Å². The first kappa shape index (κ1) is 19.7. The van der Waals surface area contributed by atoms with Crippen LogP contribution in [-0.4, -0.2) is 33.6 Å². The van der Waals surface area contributed by atoms with Gasteiger partial charge >= 0.3 is 6.03 Å². The number of amides is 2. The Kier molecular flexibility index (Phi) is 5.14. The number of piperidine rings is 1. The summed E-state index contributed by atoms with van der Waals surface area (Å²) in [5, 5.41) is 4.21. The number of anilines is 1. The minimum Gasteiger partial charge on any atom is -0.440 e. The molecular formula is C25H28N4O2. The van der Waals surface area contributed by atoms with Crippen molar-refractivity contribution in [2.45, 2.75) is 39.2 Å². The molecule has 1 saturated heterocycles. The number of urea groups is 1. The largest absolute Gasteiger partial charge is 0.440 e. The molecule has 1 fully saturated rings. The second-order valence-electron chi connectivity index (χ2n) is 8.85. The molecule has 31 heavy (non-hydrogen) atoms. The quantitative estimate of drug-likeness (QED) is 0.454. The highest BCUT2D eigenvalue weighted by molar-refractivity contribution is 5.93. The van der Waals surface area contributed by atoms with Crippen molar-refractivity contribution < 1.29 is 9.21 Å². The third-order valence-corrected chi connectivity index (χ3v) is 6.03. The van der Waals surface area contributed by atoms with Gasteiger partial charge in [-0.05, 0) is 55.2 Å². The van der Waals surface area contributed by atoms with Gasteiger partial charge in [0.1, 0.15) is 5.52 Å². The van der Waals surface area contributed by atoms with E-state index in [1.807, 2.05) is 35.2 Å². The van der Waals surface area contributed by atoms with Crippen molar-refractivity contribution in [2.75, 3.05) is 18.4 Å². The zero-order valence-corrected chi connectivity index (χ0v) is 18.0. The molecule has 4 aromatic rings. The molecular weight excluding hydrogens is 388 g/mol. The van der Waals surface area contributed by atoms with Crippen LogP contribution in [0.1, 0.15) is 38.5 Å². The van der Waals surface area contributed by atoms with Gasteiger partial charge in [-0.1, -0.05) is 26.0 Å². The molecule has 2 aromatic carbocycles. The monoisotopic (exact) mass is 416 g/mol. The molecule has 6 heteroatoms. The van der Waals surface area contributed by atoms with E-state index in [1.165, 1.54) is 5.52 Å². The van der Waals surface area contributed by atoms with E-state index in [2.05, 4.69) is 53.1 Å². The summed E-state index contributed by atoms with van der Waals surface area (Å²) < 4.78 is 8.20. The Morgan fingerprint density at radius 3 is 2.74 bits per heavy atom. The smallest absolute Gasteiger partial charge is 0.321 e. The van der Waals surface area contributed by atoms with Gasteiger partial charge in [0.05, 0.1) is 0 Å². The number of rotatable bonds is 4. The minimum atomic E-state index is -0.0445. The number of hydrogen-bond donors (Lipinski definition) is 1. The van der Waals surface area contributed by atoms with Crippen molar-refractivity contribution in [3.8, 4) is 0 Å². The highest BCUT2D eigenvalue weighted by Gasteiger charge is 2.27. The normalized spacial score (nSPS) is 15.3. The van der Waals surface area contributed by atoms with Crippen LogP contribution < -0.4 is 5.32 Å². The molecule has 0 radical (unpaired) electrons. The van der Waals surface area contributed by atoms with E-state index in [9.17, 15) is 4.79 Å². The zero-order chi connectivity index (χ0) is 21.4. The molecule has 0 unspecified atom stereocenters. The molecule has 0 spiro atoms. The average molecular weight is 417 g/mol. The lowest BCUT2D eigenvalue weighted by Gasteiger charge is -2.30. The van der Waals surface area contributed by atoms with Gasteiger partial charge in [-0.2, -0.15) is 0 Å². The van der Waals surface area contributed by atoms with Gasteiger partial charge in [-0.3, -0.25) is 0 Å². The lowest BCUT2D eigenvalue weighted by atomic mass is 9.97. The number of aromatic nitrogens is 2. The number of nitrogens with zero attached hydrogens (tertiary/aromatic N) is 3. The zero-order valence-electron chi connectivity index (χ0n) is 18.0. The van der Waals surface area contributed by atoms with Crippen LogP contribution in [0.3, 0.4) is 0 Å². The summed E-state index contributed by atoms with van der Waals surface area (Å²) in [7, 11) is 0. The van der Waals surface area contributed by atoms with E-state index in [0.29, 0.717) is 19.0 Å². The predicted molar refractivity (Wildman–Crippen MR) is 123 cm³/mol. The standard InChI is InChI=1S/C25H28N4O2/c1-17(2)16-29-14-11-19-15-20(7-8-22(19)29)26-25(30)28-12-9-18(10-13-28)24-27-21-5-3-4-6-23(21)31-24/h3-8,11,14-15,17-18H,9-10,12-13,16H2,1-2H3,(H,26,30). The van der Waals surface area contributed by atoms with E-state index in [0.717, 1.165) is 47.5 Å². The van der Waals surface area contributed by atoms with Gasteiger partial charge in [0, 0.05) is 48.3 Å². The Labute approximate surface area is 181 Å². The molecule has 0 bridgehead atoms. The average Bonchev–Trinajstić information content (AvgIpc) is 3.37. The van der Waals surface area contributed by atoms with Crippen LogP contribution >= 0.6 is 0 Å². The van der Waals surface area contributed by atoms with E-state index >= 15 is 0 Å². The Hall–Kier alpha value is -3.28. The fraction of sp³-hybridized carbons (Fsp3) is 0.360. The van der Waals surface area contributed by atoms with Crippen LogP contribution in [0.4, 0.5) is 10.5 Å². The van der Waals surface area contributed by atoms with E-state index in [1.54, 1.807) is 0 Å². The third-order valence-electron chi connectivity index (χ3n) is 6.03. The van der Waals surface area contributed by atoms with Crippen molar-refractivity contribution in [3.63, 3.8) is 0 Å². The maximum Gasteiger partial charge on any atom is 0.321 e. The number of nitrogens with one attached hydrogen (secondary N) is 1. The van der Waals surface area contributed by atoms with Crippen LogP contribution in [0.5, 0.6) is 0 Å². The number of para-hydroxylation sites is 2.